The Labute approximate surface area is 174 Å². The van der Waals surface area contributed by atoms with E-state index >= 15 is 0 Å². The van der Waals surface area contributed by atoms with Gasteiger partial charge in [0.05, 0.1) is 12.7 Å². The fraction of sp³-hybridized carbons (Fsp3) is 0.348. The lowest BCUT2D eigenvalue weighted by molar-refractivity contribution is -0.123. The highest BCUT2D eigenvalue weighted by Gasteiger charge is 2.34. The molecule has 0 aliphatic carbocycles. The van der Waals surface area contributed by atoms with Gasteiger partial charge in [0.15, 0.2) is 0 Å². The molecule has 30 heavy (non-hydrogen) atoms. The molecule has 2 aliphatic heterocycles. The topological polar surface area (TPSA) is 66.9 Å². The molecule has 0 N–H and O–H groups in total. The number of fused-ring (bicyclic) bond motifs is 1. The first kappa shape index (κ1) is 20.1. The van der Waals surface area contributed by atoms with Crippen LogP contribution in [0.1, 0.15) is 39.1 Å². The Morgan fingerprint density at radius 2 is 1.63 bits per heavy atom. The lowest BCUT2D eigenvalue weighted by Gasteiger charge is -2.33. The molecule has 2 amide bonds. The molecular weight excluding hydrogens is 387 g/mol. The smallest absolute Gasteiger partial charge is 0.337 e. The zero-order valence-corrected chi connectivity index (χ0v) is 16.8. The van der Waals surface area contributed by atoms with E-state index in [1.165, 1.54) is 31.4 Å². The number of hydrogen-bond donors (Lipinski definition) is 0. The van der Waals surface area contributed by atoms with Crippen LogP contribution in [-0.2, 0) is 16.0 Å². The average molecular weight is 410 g/mol. The Morgan fingerprint density at radius 1 is 0.967 bits per heavy atom. The number of ether oxygens (including phenoxy) is 1. The van der Waals surface area contributed by atoms with Gasteiger partial charge in [-0.05, 0) is 67.3 Å². The van der Waals surface area contributed by atoms with Crippen molar-refractivity contribution >= 4 is 23.5 Å². The van der Waals surface area contributed by atoms with Crippen LogP contribution in [0.4, 0.5) is 10.1 Å². The summed E-state index contributed by atoms with van der Waals surface area (Å²) in [7, 11) is 1.35. The standard InChI is InChI=1S/C23H23FN2O4/c1-30-23(29)18-4-7-20-17(14-18)10-13-26(20)22(28)16-8-11-25(12-9-16)21(27)15-2-5-19(24)6-3-15/h2-7,14,16H,8-13H2,1H3. The molecule has 2 aliphatic rings. The van der Waals surface area contributed by atoms with Gasteiger partial charge in [-0.25, -0.2) is 9.18 Å². The van der Waals surface area contributed by atoms with Crippen molar-refractivity contribution in [1.82, 2.24) is 4.90 Å². The van der Waals surface area contributed by atoms with E-state index in [9.17, 15) is 18.8 Å². The van der Waals surface area contributed by atoms with Gasteiger partial charge in [-0.15, -0.1) is 0 Å². The summed E-state index contributed by atoms with van der Waals surface area (Å²) in [4.78, 5) is 40.9. The van der Waals surface area contributed by atoms with Crippen molar-refractivity contribution in [3.63, 3.8) is 0 Å². The van der Waals surface area contributed by atoms with E-state index in [1.807, 2.05) is 0 Å². The maximum Gasteiger partial charge on any atom is 0.337 e. The summed E-state index contributed by atoms with van der Waals surface area (Å²) in [6, 6.07) is 10.8. The summed E-state index contributed by atoms with van der Waals surface area (Å²) in [6.45, 7) is 1.58. The number of carbonyl (C=O) groups is 3. The maximum absolute atomic E-state index is 13.1. The maximum atomic E-state index is 13.1. The predicted octanol–water partition coefficient (Wildman–Crippen LogP) is 3.05. The Kier molecular flexibility index (Phi) is 5.53. The molecule has 156 valence electrons. The SMILES string of the molecule is COC(=O)c1ccc2c(c1)CCN2C(=O)C1CCN(C(=O)c2ccc(F)cc2)CC1. The second kappa shape index (κ2) is 8.26. The van der Waals surface area contributed by atoms with Crippen LogP contribution < -0.4 is 4.90 Å². The Hall–Kier alpha value is -3.22. The number of nitrogens with zero attached hydrogens (tertiary/aromatic N) is 2. The Bertz CT molecular complexity index is 981. The van der Waals surface area contributed by atoms with Crippen LogP contribution in [0.25, 0.3) is 0 Å². The number of halogens is 1. The Balaban J connectivity index is 1.39. The third kappa shape index (κ3) is 3.79. The first-order valence-corrected chi connectivity index (χ1v) is 10.1. The molecule has 0 spiro atoms. The zero-order valence-electron chi connectivity index (χ0n) is 16.8. The Morgan fingerprint density at radius 3 is 2.30 bits per heavy atom. The van der Waals surface area contributed by atoms with Gasteiger partial charge in [0, 0.05) is 36.8 Å². The number of methoxy groups -OCH3 is 1. The fourth-order valence-electron chi connectivity index (χ4n) is 4.20. The molecule has 6 nitrogen and oxygen atoms in total. The number of piperidine rings is 1. The van der Waals surface area contributed by atoms with E-state index in [2.05, 4.69) is 0 Å². The van der Waals surface area contributed by atoms with E-state index in [-0.39, 0.29) is 29.5 Å². The van der Waals surface area contributed by atoms with Gasteiger partial charge in [-0.2, -0.15) is 0 Å². The molecule has 0 radical (unpaired) electrons. The van der Waals surface area contributed by atoms with Crippen LogP contribution in [-0.4, -0.2) is 49.4 Å². The van der Waals surface area contributed by atoms with Gasteiger partial charge < -0.3 is 14.5 Å². The third-order valence-corrected chi connectivity index (χ3v) is 5.88. The highest BCUT2D eigenvalue weighted by molar-refractivity contribution is 5.99. The second-order valence-electron chi connectivity index (χ2n) is 7.65. The van der Waals surface area contributed by atoms with E-state index in [0.717, 1.165) is 11.3 Å². The van der Waals surface area contributed by atoms with Crippen LogP contribution >= 0.6 is 0 Å². The summed E-state index contributed by atoms with van der Waals surface area (Å²) in [5.41, 5.74) is 2.75. The molecule has 1 saturated heterocycles. The molecule has 2 heterocycles. The summed E-state index contributed by atoms with van der Waals surface area (Å²) in [5, 5.41) is 0. The third-order valence-electron chi connectivity index (χ3n) is 5.88. The summed E-state index contributed by atoms with van der Waals surface area (Å²) in [6.07, 6.45) is 1.89. The van der Waals surface area contributed by atoms with Crippen LogP contribution in [0, 0.1) is 11.7 Å². The minimum Gasteiger partial charge on any atom is -0.465 e. The monoisotopic (exact) mass is 410 g/mol. The normalized spacial score (nSPS) is 16.3. The average Bonchev–Trinajstić information content (AvgIpc) is 3.21. The number of likely N-dealkylation sites (tertiary alicyclic amines) is 1. The number of amides is 2. The lowest BCUT2D eigenvalue weighted by atomic mass is 9.94. The zero-order chi connectivity index (χ0) is 21.3. The van der Waals surface area contributed by atoms with Crippen molar-refractivity contribution in [1.29, 1.82) is 0 Å². The van der Waals surface area contributed by atoms with Crippen molar-refractivity contribution < 1.29 is 23.5 Å². The molecule has 0 aromatic heterocycles. The molecule has 1 fully saturated rings. The number of anilines is 1. The van der Waals surface area contributed by atoms with Crippen LogP contribution in [0.5, 0.6) is 0 Å². The first-order valence-electron chi connectivity index (χ1n) is 10.1. The van der Waals surface area contributed by atoms with Gasteiger partial charge in [0.1, 0.15) is 5.82 Å². The van der Waals surface area contributed by atoms with Gasteiger partial charge in [0.25, 0.3) is 5.91 Å². The molecule has 0 saturated carbocycles. The number of carbonyl (C=O) groups excluding carboxylic acids is 3. The van der Waals surface area contributed by atoms with E-state index in [4.69, 9.17) is 4.74 Å². The van der Waals surface area contributed by atoms with Crippen LogP contribution in [0.15, 0.2) is 42.5 Å². The molecular formula is C23H23FN2O4. The predicted molar refractivity (Wildman–Crippen MR) is 109 cm³/mol. The van der Waals surface area contributed by atoms with Crippen LogP contribution in [0.2, 0.25) is 0 Å². The number of hydrogen-bond acceptors (Lipinski definition) is 4. The molecule has 4 rings (SSSR count). The highest BCUT2D eigenvalue weighted by atomic mass is 19.1. The molecule has 0 atom stereocenters. The first-order chi connectivity index (χ1) is 14.5. The van der Waals surface area contributed by atoms with Crippen molar-refractivity contribution in [2.75, 3.05) is 31.6 Å². The molecule has 2 aromatic rings. The largest absolute Gasteiger partial charge is 0.465 e. The summed E-state index contributed by atoms with van der Waals surface area (Å²) >= 11 is 0. The molecule has 0 unspecified atom stereocenters. The van der Waals surface area contributed by atoms with Crippen molar-refractivity contribution in [2.45, 2.75) is 19.3 Å². The van der Waals surface area contributed by atoms with Crippen molar-refractivity contribution in [2.24, 2.45) is 5.92 Å². The van der Waals surface area contributed by atoms with E-state index in [1.54, 1.807) is 28.0 Å². The van der Waals surface area contributed by atoms with Crippen molar-refractivity contribution in [3.05, 3.63) is 65.0 Å². The van der Waals surface area contributed by atoms with Gasteiger partial charge in [-0.1, -0.05) is 0 Å². The highest BCUT2D eigenvalue weighted by Crippen LogP contribution is 2.32. The molecule has 7 heteroatoms. The van der Waals surface area contributed by atoms with Gasteiger partial charge in [0.2, 0.25) is 5.91 Å². The summed E-state index contributed by atoms with van der Waals surface area (Å²) in [5.74, 6) is -0.981. The van der Waals surface area contributed by atoms with Gasteiger partial charge >= 0.3 is 5.97 Å². The number of esters is 1. The van der Waals surface area contributed by atoms with E-state index < -0.39 is 0 Å². The van der Waals surface area contributed by atoms with Gasteiger partial charge in [-0.3, -0.25) is 9.59 Å². The molecule has 2 aromatic carbocycles. The quantitative estimate of drug-likeness (QED) is 0.730. The van der Waals surface area contributed by atoms with E-state index in [0.29, 0.717) is 50.0 Å². The minimum absolute atomic E-state index is 0.0634. The fourth-order valence-corrected chi connectivity index (χ4v) is 4.20. The van der Waals surface area contributed by atoms with Crippen LogP contribution in [0.3, 0.4) is 0 Å². The number of rotatable bonds is 3. The lowest BCUT2D eigenvalue weighted by Crippen LogP contribution is -2.44. The minimum atomic E-state index is -0.388. The second-order valence-corrected chi connectivity index (χ2v) is 7.65. The molecule has 0 bridgehead atoms. The number of benzene rings is 2. The van der Waals surface area contributed by atoms with Crippen molar-refractivity contribution in [3.8, 4) is 0 Å². The summed E-state index contributed by atoms with van der Waals surface area (Å²) < 4.78 is 17.8.